The van der Waals surface area contributed by atoms with E-state index in [-0.39, 0.29) is 0 Å². The Morgan fingerprint density at radius 2 is 1.94 bits per heavy atom. The lowest BCUT2D eigenvalue weighted by molar-refractivity contribution is 0.113. The summed E-state index contributed by atoms with van der Waals surface area (Å²) in [5.41, 5.74) is 3.94. The average molecular weight is 221 g/mol. The predicted molar refractivity (Wildman–Crippen MR) is 68.7 cm³/mol. The maximum Gasteiger partial charge on any atom is 0.0719 e. The van der Waals surface area contributed by atoms with E-state index in [0.29, 0.717) is 0 Å². The molecular weight excluding hydrogens is 198 g/mol. The number of hydrogen-bond donors (Lipinski definition) is 0. The fourth-order valence-electron chi connectivity index (χ4n) is 1.67. The average Bonchev–Trinajstić information content (AvgIpc) is 2.20. The van der Waals surface area contributed by atoms with Crippen LogP contribution in [0.1, 0.15) is 23.1 Å². The Hall–Kier alpha value is -0.860. The zero-order valence-electron chi connectivity index (χ0n) is 10.9. The molecule has 0 amide bonds. The molecule has 0 aliphatic carbocycles. The predicted octanol–water partition coefficient (Wildman–Crippen LogP) is 2.77. The van der Waals surface area contributed by atoms with E-state index in [9.17, 15) is 0 Å². The summed E-state index contributed by atoms with van der Waals surface area (Å²) in [5.74, 6) is 0. The second-order valence-corrected chi connectivity index (χ2v) is 4.64. The molecule has 2 nitrogen and oxygen atoms in total. The number of nitrogens with zero attached hydrogens (tertiary/aromatic N) is 1. The zero-order valence-corrected chi connectivity index (χ0v) is 10.9. The van der Waals surface area contributed by atoms with Gasteiger partial charge < -0.3 is 9.64 Å². The summed E-state index contributed by atoms with van der Waals surface area (Å²) in [7, 11) is 4.17. The van der Waals surface area contributed by atoms with E-state index in [1.54, 1.807) is 0 Å². The number of rotatable bonds is 6. The first-order chi connectivity index (χ1) is 7.59. The molecule has 0 aromatic heterocycles. The van der Waals surface area contributed by atoms with Gasteiger partial charge in [-0.3, -0.25) is 0 Å². The van der Waals surface area contributed by atoms with Gasteiger partial charge in [-0.25, -0.2) is 0 Å². The van der Waals surface area contributed by atoms with Gasteiger partial charge in [-0.1, -0.05) is 23.8 Å². The van der Waals surface area contributed by atoms with Crippen molar-refractivity contribution in [2.45, 2.75) is 26.9 Å². The van der Waals surface area contributed by atoms with Crippen molar-refractivity contribution in [3.8, 4) is 0 Å². The Morgan fingerprint density at radius 1 is 1.19 bits per heavy atom. The molecule has 0 spiro atoms. The molecule has 1 rings (SSSR count). The quantitative estimate of drug-likeness (QED) is 0.685. The summed E-state index contributed by atoms with van der Waals surface area (Å²) in [6, 6.07) is 6.51. The molecule has 0 atom stereocenters. The summed E-state index contributed by atoms with van der Waals surface area (Å²) in [6.45, 7) is 6.93. The molecule has 0 saturated carbocycles. The van der Waals surface area contributed by atoms with Crippen LogP contribution in [0, 0.1) is 13.8 Å². The van der Waals surface area contributed by atoms with Crippen LogP contribution in [-0.4, -0.2) is 32.1 Å². The molecule has 0 heterocycles. The first-order valence-electron chi connectivity index (χ1n) is 5.88. The van der Waals surface area contributed by atoms with Gasteiger partial charge >= 0.3 is 0 Å². The minimum absolute atomic E-state index is 0.736. The minimum atomic E-state index is 0.736. The second-order valence-electron chi connectivity index (χ2n) is 4.64. The molecule has 0 unspecified atom stereocenters. The third-order valence-corrected chi connectivity index (χ3v) is 2.65. The van der Waals surface area contributed by atoms with Crippen LogP contribution in [0.4, 0.5) is 0 Å². The van der Waals surface area contributed by atoms with E-state index in [1.165, 1.54) is 16.7 Å². The standard InChI is InChI=1S/C14H23NO/c1-12-6-7-14(13(2)10-12)11-16-9-5-8-15(3)4/h6-7,10H,5,8-9,11H2,1-4H3. The second kappa shape index (κ2) is 6.66. The molecule has 0 bridgehead atoms. The van der Waals surface area contributed by atoms with Crippen LogP contribution in [0.5, 0.6) is 0 Å². The summed E-state index contributed by atoms with van der Waals surface area (Å²) in [6.07, 6.45) is 1.10. The van der Waals surface area contributed by atoms with Crippen molar-refractivity contribution >= 4 is 0 Å². The largest absolute Gasteiger partial charge is 0.377 e. The van der Waals surface area contributed by atoms with E-state index in [0.717, 1.165) is 26.2 Å². The normalized spacial score (nSPS) is 11.1. The molecule has 0 saturated heterocycles. The molecular formula is C14H23NO. The van der Waals surface area contributed by atoms with Crippen molar-refractivity contribution in [2.75, 3.05) is 27.2 Å². The van der Waals surface area contributed by atoms with Crippen molar-refractivity contribution in [1.29, 1.82) is 0 Å². The van der Waals surface area contributed by atoms with Crippen LogP contribution < -0.4 is 0 Å². The fourth-order valence-corrected chi connectivity index (χ4v) is 1.67. The first-order valence-corrected chi connectivity index (χ1v) is 5.88. The monoisotopic (exact) mass is 221 g/mol. The third kappa shape index (κ3) is 4.77. The van der Waals surface area contributed by atoms with Crippen LogP contribution in [0.15, 0.2) is 18.2 Å². The zero-order chi connectivity index (χ0) is 12.0. The molecule has 0 aliphatic heterocycles. The molecule has 0 aliphatic rings. The van der Waals surface area contributed by atoms with Crippen LogP contribution in [0.2, 0.25) is 0 Å². The third-order valence-electron chi connectivity index (χ3n) is 2.65. The SMILES string of the molecule is Cc1ccc(COCCCN(C)C)c(C)c1. The highest BCUT2D eigenvalue weighted by molar-refractivity contribution is 5.29. The van der Waals surface area contributed by atoms with Crippen LogP contribution in [0.3, 0.4) is 0 Å². The number of ether oxygens (including phenoxy) is 1. The van der Waals surface area contributed by atoms with Gasteiger partial charge in [0.15, 0.2) is 0 Å². The van der Waals surface area contributed by atoms with Gasteiger partial charge in [0.1, 0.15) is 0 Å². The maximum atomic E-state index is 5.66. The van der Waals surface area contributed by atoms with Crippen molar-refractivity contribution < 1.29 is 4.74 Å². The maximum absolute atomic E-state index is 5.66. The topological polar surface area (TPSA) is 12.5 Å². The fraction of sp³-hybridized carbons (Fsp3) is 0.571. The number of hydrogen-bond acceptors (Lipinski definition) is 2. The van der Waals surface area contributed by atoms with Crippen molar-refractivity contribution in [3.63, 3.8) is 0 Å². The summed E-state index contributed by atoms with van der Waals surface area (Å²) >= 11 is 0. The highest BCUT2D eigenvalue weighted by atomic mass is 16.5. The highest BCUT2D eigenvalue weighted by Gasteiger charge is 1.98. The highest BCUT2D eigenvalue weighted by Crippen LogP contribution is 2.11. The Labute approximate surface area is 99.2 Å². The van der Waals surface area contributed by atoms with Gasteiger partial charge in [-0.15, -0.1) is 0 Å². The van der Waals surface area contributed by atoms with Crippen molar-refractivity contribution in [1.82, 2.24) is 4.90 Å². The lowest BCUT2D eigenvalue weighted by atomic mass is 10.1. The van der Waals surface area contributed by atoms with Gasteiger partial charge in [0.05, 0.1) is 6.61 Å². The molecule has 2 heteroatoms. The molecule has 16 heavy (non-hydrogen) atoms. The van der Waals surface area contributed by atoms with E-state index < -0.39 is 0 Å². The Morgan fingerprint density at radius 3 is 2.56 bits per heavy atom. The summed E-state index contributed by atoms with van der Waals surface area (Å²) in [5, 5.41) is 0. The molecule has 1 aromatic carbocycles. The van der Waals surface area contributed by atoms with Gasteiger partial charge in [-0.05, 0) is 52.0 Å². The summed E-state index contributed by atoms with van der Waals surface area (Å²) in [4.78, 5) is 2.18. The Balaban J connectivity index is 2.27. The Kier molecular flexibility index (Phi) is 5.50. The van der Waals surface area contributed by atoms with Crippen LogP contribution >= 0.6 is 0 Å². The lowest BCUT2D eigenvalue weighted by Crippen LogP contribution is -2.14. The van der Waals surface area contributed by atoms with E-state index in [1.807, 2.05) is 0 Å². The van der Waals surface area contributed by atoms with Crippen molar-refractivity contribution in [2.24, 2.45) is 0 Å². The number of aryl methyl sites for hydroxylation is 2. The van der Waals surface area contributed by atoms with Gasteiger partial charge in [0.25, 0.3) is 0 Å². The van der Waals surface area contributed by atoms with Crippen LogP contribution in [0.25, 0.3) is 0 Å². The molecule has 90 valence electrons. The van der Waals surface area contributed by atoms with E-state index in [2.05, 4.69) is 51.0 Å². The smallest absolute Gasteiger partial charge is 0.0719 e. The molecule has 0 radical (unpaired) electrons. The van der Waals surface area contributed by atoms with Gasteiger partial charge in [0, 0.05) is 6.61 Å². The van der Waals surface area contributed by atoms with Crippen molar-refractivity contribution in [3.05, 3.63) is 34.9 Å². The Bertz CT molecular complexity index is 321. The first kappa shape index (κ1) is 13.2. The molecule has 1 aromatic rings. The molecule has 0 fully saturated rings. The van der Waals surface area contributed by atoms with Gasteiger partial charge in [0.2, 0.25) is 0 Å². The van der Waals surface area contributed by atoms with Crippen LogP contribution in [-0.2, 0) is 11.3 Å². The lowest BCUT2D eigenvalue weighted by Gasteiger charge is -2.10. The van der Waals surface area contributed by atoms with E-state index >= 15 is 0 Å². The minimum Gasteiger partial charge on any atom is -0.377 e. The molecule has 0 N–H and O–H groups in total. The number of benzene rings is 1. The van der Waals surface area contributed by atoms with Gasteiger partial charge in [-0.2, -0.15) is 0 Å². The van der Waals surface area contributed by atoms with E-state index in [4.69, 9.17) is 4.74 Å². The summed E-state index contributed by atoms with van der Waals surface area (Å²) < 4.78 is 5.66.